The van der Waals surface area contributed by atoms with Crippen molar-refractivity contribution in [3.8, 4) is 0 Å². The van der Waals surface area contributed by atoms with E-state index in [2.05, 4.69) is 4.72 Å². The van der Waals surface area contributed by atoms with Crippen LogP contribution < -0.4 is 4.72 Å². The Morgan fingerprint density at radius 3 is 2.17 bits per heavy atom. The molecule has 0 amide bonds. The molecule has 128 valence electrons. The fraction of sp³-hybridized carbons (Fsp3) is 0.188. The third-order valence-electron chi connectivity index (χ3n) is 3.34. The normalized spacial score (nSPS) is 12.8. The molecule has 0 spiro atoms. The fourth-order valence-electron chi connectivity index (χ4n) is 2.19. The van der Waals surface area contributed by atoms with E-state index in [9.17, 15) is 13.2 Å². The van der Waals surface area contributed by atoms with Gasteiger partial charge in [-0.15, -0.1) is 0 Å². The molecule has 0 saturated carbocycles. The van der Waals surface area contributed by atoms with E-state index in [0.717, 1.165) is 5.56 Å². The summed E-state index contributed by atoms with van der Waals surface area (Å²) in [4.78, 5) is 10.9. The maximum absolute atomic E-state index is 12.6. The van der Waals surface area contributed by atoms with Crippen LogP contribution >= 0.6 is 23.2 Å². The number of sulfonamides is 1. The number of hydrogen-bond donors (Lipinski definition) is 2. The van der Waals surface area contributed by atoms with Crippen molar-refractivity contribution >= 4 is 39.2 Å². The zero-order valence-electron chi connectivity index (χ0n) is 12.7. The van der Waals surface area contributed by atoms with E-state index in [-0.39, 0.29) is 14.9 Å². The summed E-state index contributed by atoms with van der Waals surface area (Å²) in [6.07, 6.45) is -0.412. The van der Waals surface area contributed by atoms with Gasteiger partial charge in [-0.3, -0.25) is 4.79 Å². The van der Waals surface area contributed by atoms with Gasteiger partial charge < -0.3 is 5.11 Å². The third kappa shape index (κ3) is 4.48. The molecule has 2 aromatic carbocycles. The SMILES string of the molecule is Cc1ccc(C(CC(=O)O)NS(=O)(=O)c2c(Cl)cccc2Cl)cc1. The van der Waals surface area contributed by atoms with Gasteiger partial charge in [0.1, 0.15) is 4.90 Å². The molecule has 0 bridgehead atoms. The molecular weight excluding hydrogens is 373 g/mol. The molecule has 24 heavy (non-hydrogen) atoms. The van der Waals surface area contributed by atoms with Crippen molar-refractivity contribution in [2.45, 2.75) is 24.3 Å². The summed E-state index contributed by atoms with van der Waals surface area (Å²) in [5.74, 6) is -1.13. The second kappa shape index (κ2) is 7.53. The van der Waals surface area contributed by atoms with Crippen molar-refractivity contribution in [2.75, 3.05) is 0 Å². The van der Waals surface area contributed by atoms with Crippen LogP contribution in [0, 0.1) is 6.92 Å². The largest absolute Gasteiger partial charge is 0.481 e. The van der Waals surface area contributed by atoms with E-state index in [1.165, 1.54) is 18.2 Å². The van der Waals surface area contributed by atoms with Crippen molar-refractivity contribution in [1.29, 1.82) is 0 Å². The van der Waals surface area contributed by atoms with E-state index in [4.69, 9.17) is 28.3 Å². The summed E-state index contributed by atoms with van der Waals surface area (Å²) in [5, 5.41) is 9.02. The van der Waals surface area contributed by atoms with E-state index in [1.807, 2.05) is 6.92 Å². The fourth-order valence-corrected chi connectivity index (χ4v) is 4.55. The number of nitrogens with one attached hydrogen (secondary N) is 1. The molecule has 0 aliphatic rings. The van der Waals surface area contributed by atoms with Gasteiger partial charge in [0.15, 0.2) is 0 Å². The van der Waals surface area contributed by atoms with Gasteiger partial charge in [-0.2, -0.15) is 0 Å². The van der Waals surface area contributed by atoms with Crippen molar-refractivity contribution in [3.63, 3.8) is 0 Å². The number of carboxylic acids is 1. The van der Waals surface area contributed by atoms with Crippen molar-refractivity contribution in [1.82, 2.24) is 4.72 Å². The Balaban J connectivity index is 2.41. The molecule has 0 aliphatic carbocycles. The van der Waals surface area contributed by atoms with E-state index >= 15 is 0 Å². The van der Waals surface area contributed by atoms with Gasteiger partial charge in [0.2, 0.25) is 10.0 Å². The highest BCUT2D eigenvalue weighted by Gasteiger charge is 2.27. The molecule has 0 saturated heterocycles. The van der Waals surface area contributed by atoms with Gasteiger partial charge in [0.05, 0.1) is 22.5 Å². The smallest absolute Gasteiger partial charge is 0.305 e. The van der Waals surface area contributed by atoms with E-state index in [0.29, 0.717) is 5.56 Å². The predicted octanol–water partition coefficient (Wildman–Crippen LogP) is 3.80. The predicted molar refractivity (Wildman–Crippen MR) is 93.0 cm³/mol. The summed E-state index contributed by atoms with van der Waals surface area (Å²) in [7, 11) is -4.10. The molecule has 2 rings (SSSR count). The lowest BCUT2D eigenvalue weighted by Crippen LogP contribution is -2.30. The minimum atomic E-state index is -4.10. The van der Waals surface area contributed by atoms with E-state index < -0.39 is 28.5 Å². The second-order valence-electron chi connectivity index (χ2n) is 5.23. The quantitative estimate of drug-likeness (QED) is 0.789. The zero-order valence-corrected chi connectivity index (χ0v) is 15.0. The molecule has 2 aromatic rings. The molecule has 2 N–H and O–H groups in total. The van der Waals surface area contributed by atoms with Gasteiger partial charge in [0, 0.05) is 0 Å². The molecule has 0 radical (unpaired) electrons. The highest BCUT2D eigenvalue weighted by atomic mass is 35.5. The number of benzene rings is 2. The summed E-state index contributed by atoms with van der Waals surface area (Å²) in [6, 6.07) is 10.3. The Kier molecular flexibility index (Phi) is 5.87. The van der Waals surface area contributed by atoms with Crippen LogP contribution in [0.5, 0.6) is 0 Å². The van der Waals surface area contributed by atoms with Gasteiger partial charge in [-0.05, 0) is 24.6 Å². The molecule has 0 aromatic heterocycles. The van der Waals surface area contributed by atoms with Crippen LogP contribution in [-0.4, -0.2) is 19.5 Å². The maximum Gasteiger partial charge on any atom is 0.305 e. The first-order chi connectivity index (χ1) is 11.2. The van der Waals surface area contributed by atoms with Crippen molar-refractivity contribution in [2.24, 2.45) is 0 Å². The van der Waals surface area contributed by atoms with E-state index in [1.54, 1.807) is 24.3 Å². The van der Waals surface area contributed by atoms with Crippen LogP contribution in [0.15, 0.2) is 47.4 Å². The average molecular weight is 388 g/mol. The standard InChI is InChI=1S/C16H15Cl2NO4S/c1-10-5-7-11(8-6-10)14(9-15(20)21)19-24(22,23)16-12(17)3-2-4-13(16)18/h2-8,14,19H,9H2,1H3,(H,20,21). The molecule has 0 fully saturated rings. The Morgan fingerprint density at radius 2 is 1.67 bits per heavy atom. The number of aliphatic carboxylic acids is 1. The van der Waals surface area contributed by atoms with Crippen LogP contribution in [0.25, 0.3) is 0 Å². The number of carboxylic acid groups (broad SMARTS) is 1. The molecule has 1 atom stereocenters. The van der Waals surface area contributed by atoms with Crippen LogP contribution in [0.1, 0.15) is 23.6 Å². The van der Waals surface area contributed by atoms with Crippen LogP contribution in [0.3, 0.4) is 0 Å². The minimum absolute atomic E-state index is 0.0343. The summed E-state index contributed by atoms with van der Waals surface area (Å²) >= 11 is 11.9. The Morgan fingerprint density at radius 1 is 1.12 bits per heavy atom. The molecule has 1 unspecified atom stereocenters. The Hall–Kier alpha value is -1.60. The molecular formula is C16H15Cl2NO4S. The number of carbonyl (C=O) groups is 1. The number of rotatable bonds is 6. The minimum Gasteiger partial charge on any atom is -0.481 e. The Labute approximate surface area is 150 Å². The van der Waals surface area contributed by atoms with Crippen molar-refractivity contribution < 1.29 is 18.3 Å². The van der Waals surface area contributed by atoms with Crippen LogP contribution in [0.2, 0.25) is 10.0 Å². The highest BCUT2D eigenvalue weighted by molar-refractivity contribution is 7.89. The van der Waals surface area contributed by atoms with Gasteiger partial charge in [0.25, 0.3) is 0 Å². The molecule has 5 nitrogen and oxygen atoms in total. The van der Waals surface area contributed by atoms with Crippen LogP contribution in [-0.2, 0) is 14.8 Å². The summed E-state index contributed by atoms with van der Waals surface area (Å²) in [6.45, 7) is 1.88. The first kappa shape index (κ1) is 18.7. The maximum atomic E-state index is 12.6. The molecule has 8 heteroatoms. The summed E-state index contributed by atoms with van der Waals surface area (Å²) in [5.41, 5.74) is 1.51. The molecule has 0 aliphatic heterocycles. The monoisotopic (exact) mass is 387 g/mol. The lowest BCUT2D eigenvalue weighted by molar-refractivity contribution is -0.137. The topological polar surface area (TPSA) is 83.5 Å². The highest BCUT2D eigenvalue weighted by Crippen LogP contribution is 2.30. The summed E-state index contributed by atoms with van der Waals surface area (Å²) < 4.78 is 27.6. The van der Waals surface area contributed by atoms with Gasteiger partial charge >= 0.3 is 5.97 Å². The average Bonchev–Trinajstić information content (AvgIpc) is 2.46. The lowest BCUT2D eigenvalue weighted by atomic mass is 10.0. The molecule has 0 heterocycles. The lowest BCUT2D eigenvalue weighted by Gasteiger charge is -2.19. The second-order valence-corrected chi connectivity index (χ2v) is 7.70. The zero-order chi connectivity index (χ0) is 17.9. The third-order valence-corrected chi connectivity index (χ3v) is 5.77. The van der Waals surface area contributed by atoms with Crippen LogP contribution in [0.4, 0.5) is 0 Å². The first-order valence-corrected chi connectivity index (χ1v) is 9.19. The Bertz CT molecular complexity index is 831. The van der Waals surface area contributed by atoms with Gasteiger partial charge in [-0.1, -0.05) is 59.1 Å². The first-order valence-electron chi connectivity index (χ1n) is 6.95. The van der Waals surface area contributed by atoms with Crippen molar-refractivity contribution in [3.05, 3.63) is 63.6 Å². The number of halogens is 2. The number of hydrogen-bond acceptors (Lipinski definition) is 3. The van der Waals surface area contributed by atoms with Gasteiger partial charge in [-0.25, -0.2) is 13.1 Å². The number of aryl methyl sites for hydroxylation is 1.